The third kappa shape index (κ3) is 4.21. The molecular weight excluding hydrogens is 304 g/mol. The van der Waals surface area contributed by atoms with Crippen LogP contribution >= 0.6 is 0 Å². The Morgan fingerprint density at radius 1 is 0.560 bits per heavy atom. The molecule has 0 saturated heterocycles. The van der Waals surface area contributed by atoms with Crippen molar-refractivity contribution in [3.63, 3.8) is 0 Å². The van der Waals surface area contributed by atoms with Gasteiger partial charge in [0.05, 0.1) is 5.41 Å². The average molecular weight is 324 g/mol. The lowest BCUT2D eigenvalue weighted by Crippen LogP contribution is -2.22. The van der Waals surface area contributed by atoms with Crippen LogP contribution in [0.1, 0.15) is 16.7 Å². The van der Waals surface area contributed by atoms with Gasteiger partial charge in [-0.2, -0.15) is 0 Å². The van der Waals surface area contributed by atoms with Crippen molar-refractivity contribution in [2.24, 2.45) is 0 Å². The summed E-state index contributed by atoms with van der Waals surface area (Å²) >= 11 is 0. The fourth-order valence-corrected chi connectivity index (χ4v) is 2.72. The Balaban J connectivity index is 2.02. The number of benzene rings is 3. The van der Waals surface area contributed by atoms with Crippen LogP contribution in [-0.2, 0) is 10.2 Å². The Kier molecular flexibility index (Phi) is 5.38. The standard InChI is InChI=1S/C24H20O/c25-20-24(23-14-8-3-9-15-23,18-16-21-10-4-1-5-11-21)19-17-22-12-6-2-7-13-22/h1-20H. The van der Waals surface area contributed by atoms with Crippen LogP contribution in [0.4, 0.5) is 0 Å². The highest BCUT2D eigenvalue weighted by Crippen LogP contribution is 2.27. The fourth-order valence-electron chi connectivity index (χ4n) is 2.72. The summed E-state index contributed by atoms with van der Waals surface area (Å²) in [5.41, 5.74) is 2.28. The lowest BCUT2D eigenvalue weighted by atomic mass is 9.80. The molecule has 0 N–H and O–H groups in total. The predicted molar refractivity (Wildman–Crippen MR) is 105 cm³/mol. The first kappa shape index (κ1) is 16.7. The third-order valence-corrected chi connectivity index (χ3v) is 4.17. The second-order valence-electron chi connectivity index (χ2n) is 5.90. The van der Waals surface area contributed by atoms with E-state index < -0.39 is 5.41 Å². The van der Waals surface area contributed by atoms with Gasteiger partial charge in [-0.25, -0.2) is 0 Å². The van der Waals surface area contributed by atoms with Crippen molar-refractivity contribution in [3.05, 3.63) is 120 Å². The Labute approximate surface area is 149 Å². The van der Waals surface area contributed by atoms with Gasteiger partial charge >= 0.3 is 0 Å². The summed E-state index contributed by atoms with van der Waals surface area (Å²) in [6.07, 6.45) is 8.92. The summed E-state index contributed by atoms with van der Waals surface area (Å²) in [7, 11) is 0. The number of aldehydes is 1. The Bertz CT molecular complexity index is 797. The molecule has 0 aliphatic carbocycles. The van der Waals surface area contributed by atoms with Gasteiger partial charge < -0.3 is 4.79 Å². The van der Waals surface area contributed by atoms with E-state index in [2.05, 4.69) is 0 Å². The molecule has 0 unspecified atom stereocenters. The van der Waals surface area contributed by atoms with Crippen molar-refractivity contribution in [3.8, 4) is 0 Å². The monoisotopic (exact) mass is 324 g/mol. The van der Waals surface area contributed by atoms with Crippen LogP contribution in [0.15, 0.2) is 103 Å². The topological polar surface area (TPSA) is 17.1 Å². The molecule has 0 aromatic heterocycles. The predicted octanol–water partition coefficient (Wildman–Crippen LogP) is 5.55. The minimum absolute atomic E-state index is 0.799. The molecule has 0 aliphatic rings. The molecule has 25 heavy (non-hydrogen) atoms. The van der Waals surface area contributed by atoms with Gasteiger partial charge in [0.1, 0.15) is 6.29 Å². The molecule has 0 amide bonds. The Hall–Kier alpha value is -3.19. The highest BCUT2D eigenvalue weighted by atomic mass is 16.1. The molecule has 122 valence electrons. The van der Waals surface area contributed by atoms with Gasteiger partial charge in [-0.15, -0.1) is 0 Å². The van der Waals surface area contributed by atoms with E-state index in [-0.39, 0.29) is 0 Å². The van der Waals surface area contributed by atoms with Crippen LogP contribution in [0.3, 0.4) is 0 Å². The van der Waals surface area contributed by atoms with Crippen LogP contribution < -0.4 is 0 Å². The maximum Gasteiger partial charge on any atom is 0.138 e. The lowest BCUT2D eigenvalue weighted by molar-refractivity contribution is -0.110. The van der Waals surface area contributed by atoms with Crippen molar-refractivity contribution >= 4 is 18.4 Å². The van der Waals surface area contributed by atoms with Crippen molar-refractivity contribution in [1.82, 2.24) is 0 Å². The molecular formula is C24H20O. The summed E-state index contributed by atoms with van der Waals surface area (Å²) < 4.78 is 0. The summed E-state index contributed by atoms with van der Waals surface area (Å²) in [5.74, 6) is 0. The highest BCUT2D eigenvalue weighted by Gasteiger charge is 2.25. The first-order chi connectivity index (χ1) is 12.3. The zero-order chi connectivity index (χ0) is 17.4. The maximum atomic E-state index is 12.2. The zero-order valence-corrected chi connectivity index (χ0v) is 14.0. The van der Waals surface area contributed by atoms with E-state index in [9.17, 15) is 4.79 Å². The van der Waals surface area contributed by atoms with Gasteiger partial charge in [-0.1, -0.05) is 115 Å². The normalized spacial score (nSPS) is 13.8. The zero-order valence-electron chi connectivity index (χ0n) is 14.0. The van der Waals surface area contributed by atoms with Crippen molar-refractivity contribution in [2.75, 3.05) is 0 Å². The first-order valence-corrected chi connectivity index (χ1v) is 8.33. The number of carbonyl (C=O) groups is 1. The number of hydrogen-bond donors (Lipinski definition) is 0. The number of hydrogen-bond acceptors (Lipinski definition) is 1. The molecule has 0 bridgehead atoms. The van der Waals surface area contributed by atoms with Crippen LogP contribution in [-0.4, -0.2) is 6.29 Å². The number of carbonyl (C=O) groups excluding carboxylic acids is 1. The van der Waals surface area contributed by atoms with Gasteiger partial charge in [-0.05, 0) is 16.7 Å². The van der Waals surface area contributed by atoms with Crippen LogP contribution in [0, 0.1) is 0 Å². The Morgan fingerprint density at radius 3 is 1.36 bits per heavy atom. The molecule has 1 heteroatoms. The van der Waals surface area contributed by atoms with Gasteiger partial charge in [0.15, 0.2) is 0 Å². The minimum Gasteiger partial charge on any atom is -0.302 e. The van der Waals surface area contributed by atoms with Crippen LogP contribution in [0.25, 0.3) is 12.2 Å². The summed E-state index contributed by atoms with van der Waals surface area (Å²) in [6.45, 7) is 0. The molecule has 0 radical (unpaired) electrons. The molecule has 0 atom stereocenters. The first-order valence-electron chi connectivity index (χ1n) is 8.33. The molecule has 0 fully saturated rings. The molecule has 3 aromatic rings. The van der Waals surface area contributed by atoms with E-state index in [0.29, 0.717) is 0 Å². The average Bonchev–Trinajstić information content (AvgIpc) is 2.71. The van der Waals surface area contributed by atoms with E-state index in [4.69, 9.17) is 0 Å². The van der Waals surface area contributed by atoms with E-state index in [1.165, 1.54) is 0 Å². The quantitative estimate of drug-likeness (QED) is 0.543. The minimum atomic E-state index is -0.799. The van der Waals surface area contributed by atoms with Crippen LogP contribution in [0.5, 0.6) is 0 Å². The number of rotatable bonds is 6. The van der Waals surface area contributed by atoms with Crippen molar-refractivity contribution < 1.29 is 4.79 Å². The van der Waals surface area contributed by atoms with Crippen molar-refractivity contribution in [1.29, 1.82) is 0 Å². The summed E-state index contributed by atoms with van der Waals surface area (Å²) in [4.78, 5) is 12.2. The van der Waals surface area contributed by atoms with Gasteiger partial charge in [0.25, 0.3) is 0 Å². The smallest absolute Gasteiger partial charge is 0.138 e. The lowest BCUT2D eigenvalue weighted by Gasteiger charge is -2.21. The molecule has 3 rings (SSSR count). The largest absolute Gasteiger partial charge is 0.302 e. The van der Waals surface area contributed by atoms with E-state index >= 15 is 0 Å². The molecule has 0 saturated carbocycles. The second-order valence-corrected chi connectivity index (χ2v) is 5.90. The fraction of sp³-hybridized carbons (Fsp3) is 0.0417. The number of allylic oxidation sites excluding steroid dienone is 2. The molecule has 3 aromatic carbocycles. The molecule has 0 heterocycles. The molecule has 0 spiro atoms. The SMILES string of the molecule is O=CC(C=Cc1ccccc1)(C=Cc1ccccc1)c1ccccc1. The van der Waals surface area contributed by atoms with E-state index in [1.54, 1.807) is 0 Å². The van der Waals surface area contributed by atoms with E-state index in [1.807, 2.05) is 115 Å². The molecule has 1 nitrogen and oxygen atoms in total. The highest BCUT2D eigenvalue weighted by molar-refractivity contribution is 5.80. The van der Waals surface area contributed by atoms with Crippen molar-refractivity contribution in [2.45, 2.75) is 5.41 Å². The maximum absolute atomic E-state index is 12.2. The third-order valence-electron chi connectivity index (χ3n) is 4.17. The van der Waals surface area contributed by atoms with E-state index in [0.717, 1.165) is 23.0 Å². The van der Waals surface area contributed by atoms with Gasteiger partial charge in [0, 0.05) is 0 Å². The summed E-state index contributed by atoms with van der Waals surface area (Å²) in [5, 5.41) is 0. The van der Waals surface area contributed by atoms with Crippen LogP contribution in [0.2, 0.25) is 0 Å². The Morgan fingerprint density at radius 2 is 0.960 bits per heavy atom. The molecule has 0 aliphatic heterocycles. The summed E-state index contributed by atoms with van der Waals surface area (Å²) in [6, 6.07) is 29.9. The second kappa shape index (κ2) is 8.07. The van der Waals surface area contributed by atoms with Gasteiger partial charge in [0.2, 0.25) is 0 Å². The van der Waals surface area contributed by atoms with Gasteiger partial charge in [-0.3, -0.25) is 0 Å².